The van der Waals surface area contributed by atoms with Gasteiger partial charge in [-0.3, -0.25) is 0 Å². The van der Waals surface area contributed by atoms with E-state index in [2.05, 4.69) is 4.74 Å². The van der Waals surface area contributed by atoms with Crippen LogP contribution in [0.5, 0.6) is 5.75 Å². The number of hydrogen-bond donors (Lipinski definition) is 1. The van der Waals surface area contributed by atoms with Crippen LogP contribution < -0.4 is 10.5 Å². The summed E-state index contributed by atoms with van der Waals surface area (Å²) in [5, 5.41) is 0. The maximum Gasteiger partial charge on any atom is 0.573 e. The van der Waals surface area contributed by atoms with E-state index in [1.807, 2.05) is 0 Å². The number of benzene rings is 1. The van der Waals surface area contributed by atoms with Crippen LogP contribution in [0.15, 0.2) is 24.3 Å². The Kier molecular flexibility index (Phi) is 4.87. The van der Waals surface area contributed by atoms with Crippen LogP contribution in [0, 0.1) is 5.92 Å². The van der Waals surface area contributed by atoms with Crippen LogP contribution in [0.4, 0.5) is 13.2 Å². The molecule has 0 spiro atoms. The summed E-state index contributed by atoms with van der Waals surface area (Å²) in [6.07, 6.45) is -1.63. The van der Waals surface area contributed by atoms with Crippen molar-refractivity contribution in [1.82, 2.24) is 0 Å². The van der Waals surface area contributed by atoms with Crippen molar-refractivity contribution >= 4 is 12.4 Å². The lowest BCUT2D eigenvalue weighted by Crippen LogP contribution is -2.28. The molecule has 0 saturated heterocycles. The number of halogens is 4. The molecule has 0 radical (unpaired) electrons. The van der Waals surface area contributed by atoms with Crippen molar-refractivity contribution in [2.75, 3.05) is 0 Å². The molecular formula is C12H15ClF3NO. The zero-order chi connectivity index (χ0) is 12.5. The van der Waals surface area contributed by atoms with Gasteiger partial charge in [0.25, 0.3) is 0 Å². The lowest BCUT2D eigenvalue weighted by Gasteiger charge is -2.32. The summed E-state index contributed by atoms with van der Waals surface area (Å²) in [7, 11) is 0. The minimum Gasteiger partial charge on any atom is -0.405 e. The van der Waals surface area contributed by atoms with Crippen molar-refractivity contribution in [3.63, 3.8) is 0 Å². The van der Waals surface area contributed by atoms with Gasteiger partial charge in [-0.25, -0.2) is 0 Å². The molecule has 2 rings (SSSR count). The summed E-state index contributed by atoms with van der Waals surface area (Å²) < 4.78 is 40.6. The molecule has 1 aliphatic rings. The van der Waals surface area contributed by atoms with Gasteiger partial charge in [-0.05, 0) is 24.8 Å². The Hall–Kier alpha value is -0.940. The summed E-state index contributed by atoms with van der Waals surface area (Å²) in [6.45, 7) is 0. The van der Waals surface area contributed by atoms with Crippen molar-refractivity contribution in [1.29, 1.82) is 0 Å². The minimum absolute atomic E-state index is 0. The Morgan fingerprint density at radius 3 is 2.33 bits per heavy atom. The molecule has 1 saturated carbocycles. The fourth-order valence-corrected chi connectivity index (χ4v) is 2.03. The predicted octanol–water partition coefficient (Wildman–Crippen LogP) is 3.81. The van der Waals surface area contributed by atoms with E-state index in [-0.39, 0.29) is 30.1 Å². The number of hydrogen-bond acceptors (Lipinski definition) is 2. The molecule has 0 heterocycles. The van der Waals surface area contributed by atoms with Gasteiger partial charge in [-0.1, -0.05) is 24.6 Å². The standard InChI is InChI=1S/C12H14F3NO.ClH/c13-12(14,15)17-10-7-2-1-6-9(10)11(16)8-4-3-5-8;/h1-2,6-8,11H,3-5,16H2;1H/t11-;/m0./s1. The molecule has 0 amide bonds. The summed E-state index contributed by atoms with van der Waals surface area (Å²) in [6, 6.07) is 5.72. The van der Waals surface area contributed by atoms with Gasteiger partial charge in [-0.15, -0.1) is 25.6 Å². The number of rotatable bonds is 3. The van der Waals surface area contributed by atoms with Gasteiger partial charge in [0, 0.05) is 11.6 Å². The summed E-state index contributed by atoms with van der Waals surface area (Å²) in [5.74, 6) is 0.0902. The van der Waals surface area contributed by atoms with Crippen molar-refractivity contribution in [2.45, 2.75) is 31.7 Å². The molecule has 2 nitrogen and oxygen atoms in total. The first kappa shape index (κ1) is 15.1. The number of nitrogens with two attached hydrogens (primary N) is 1. The van der Waals surface area contributed by atoms with Gasteiger partial charge in [-0.2, -0.15) is 0 Å². The highest BCUT2D eigenvalue weighted by Gasteiger charge is 2.34. The van der Waals surface area contributed by atoms with Gasteiger partial charge < -0.3 is 10.5 Å². The molecule has 2 N–H and O–H groups in total. The van der Waals surface area contributed by atoms with Crippen LogP contribution in [-0.4, -0.2) is 6.36 Å². The first-order chi connectivity index (χ1) is 7.97. The molecule has 1 aliphatic carbocycles. The molecule has 1 aromatic rings. The highest BCUT2D eigenvalue weighted by molar-refractivity contribution is 5.85. The normalized spacial score (nSPS) is 17.6. The van der Waals surface area contributed by atoms with Crippen molar-refractivity contribution in [3.05, 3.63) is 29.8 Å². The van der Waals surface area contributed by atoms with Crippen molar-refractivity contribution in [2.24, 2.45) is 11.7 Å². The van der Waals surface area contributed by atoms with Crippen LogP contribution in [0.1, 0.15) is 30.9 Å². The minimum atomic E-state index is -4.67. The lowest BCUT2D eigenvalue weighted by molar-refractivity contribution is -0.275. The monoisotopic (exact) mass is 281 g/mol. The van der Waals surface area contributed by atoms with E-state index in [1.54, 1.807) is 12.1 Å². The SMILES string of the molecule is Cl.N[C@H](c1ccccc1OC(F)(F)F)C1CCC1. The Labute approximate surface area is 110 Å². The Bertz CT molecular complexity index is 393. The molecule has 1 fully saturated rings. The molecule has 102 valence electrons. The molecular weight excluding hydrogens is 267 g/mol. The summed E-state index contributed by atoms with van der Waals surface area (Å²) in [4.78, 5) is 0. The summed E-state index contributed by atoms with van der Waals surface area (Å²) in [5.41, 5.74) is 6.41. The second-order valence-electron chi connectivity index (χ2n) is 4.30. The highest BCUT2D eigenvalue weighted by Crippen LogP contribution is 2.40. The maximum absolute atomic E-state index is 12.2. The van der Waals surface area contributed by atoms with E-state index in [4.69, 9.17) is 5.73 Å². The zero-order valence-electron chi connectivity index (χ0n) is 9.61. The first-order valence-corrected chi connectivity index (χ1v) is 5.57. The molecule has 0 bridgehead atoms. The van der Waals surface area contributed by atoms with Gasteiger partial charge in [0.15, 0.2) is 0 Å². The average molecular weight is 282 g/mol. The molecule has 0 aliphatic heterocycles. The molecule has 6 heteroatoms. The number of ether oxygens (including phenoxy) is 1. The van der Waals surface area contributed by atoms with Crippen LogP contribution in [0.25, 0.3) is 0 Å². The maximum atomic E-state index is 12.2. The summed E-state index contributed by atoms with van der Waals surface area (Å²) >= 11 is 0. The fraction of sp³-hybridized carbons (Fsp3) is 0.500. The van der Waals surface area contributed by atoms with Gasteiger partial charge in [0.05, 0.1) is 0 Å². The third-order valence-electron chi connectivity index (χ3n) is 3.16. The lowest BCUT2D eigenvalue weighted by atomic mass is 9.77. The molecule has 0 aromatic heterocycles. The zero-order valence-corrected chi connectivity index (χ0v) is 10.4. The molecule has 18 heavy (non-hydrogen) atoms. The van der Waals surface area contributed by atoms with Crippen LogP contribution in [-0.2, 0) is 0 Å². The third-order valence-corrected chi connectivity index (χ3v) is 3.16. The first-order valence-electron chi connectivity index (χ1n) is 5.57. The van der Waals surface area contributed by atoms with Crippen molar-refractivity contribution in [3.8, 4) is 5.75 Å². The van der Waals surface area contributed by atoms with E-state index in [0.717, 1.165) is 19.3 Å². The second-order valence-corrected chi connectivity index (χ2v) is 4.30. The molecule has 1 atom stereocenters. The Morgan fingerprint density at radius 2 is 1.83 bits per heavy atom. The Morgan fingerprint density at radius 1 is 1.22 bits per heavy atom. The number of alkyl halides is 3. The predicted molar refractivity (Wildman–Crippen MR) is 64.6 cm³/mol. The van der Waals surface area contributed by atoms with Gasteiger partial charge in [0.2, 0.25) is 0 Å². The molecule has 1 aromatic carbocycles. The fourth-order valence-electron chi connectivity index (χ4n) is 2.03. The van der Waals surface area contributed by atoms with Crippen molar-refractivity contribution < 1.29 is 17.9 Å². The van der Waals surface area contributed by atoms with E-state index in [1.165, 1.54) is 12.1 Å². The average Bonchev–Trinajstić information content (AvgIpc) is 2.13. The van der Waals surface area contributed by atoms with E-state index in [9.17, 15) is 13.2 Å². The van der Waals surface area contributed by atoms with E-state index in [0.29, 0.717) is 5.56 Å². The quantitative estimate of drug-likeness (QED) is 0.914. The van der Waals surface area contributed by atoms with E-state index >= 15 is 0 Å². The smallest absolute Gasteiger partial charge is 0.405 e. The third kappa shape index (κ3) is 3.53. The highest BCUT2D eigenvalue weighted by atomic mass is 35.5. The van der Waals surface area contributed by atoms with Crippen LogP contribution in [0.3, 0.4) is 0 Å². The van der Waals surface area contributed by atoms with Gasteiger partial charge >= 0.3 is 6.36 Å². The largest absolute Gasteiger partial charge is 0.573 e. The van der Waals surface area contributed by atoms with Crippen LogP contribution in [0.2, 0.25) is 0 Å². The molecule has 0 unspecified atom stereocenters. The van der Waals surface area contributed by atoms with E-state index < -0.39 is 6.36 Å². The van der Waals surface area contributed by atoms with Crippen LogP contribution >= 0.6 is 12.4 Å². The topological polar surface area (TPSA) is 35.2 Å². The van der Waals surface area contributed by atoms with Gasteiger partial charge in [0.1, 0.15) is 5.75 Å². The number of para-hydroxylation sites is 1. The Balaban J connectivity index is 0.00000162. The second kappa shape index (κ2) is 5.80.